The molecular weight excluding hydrogens is 221 g/mol. The highest BCUT2D eigenvalue weighted by atomic mass is 19.4. The van der Waals surface area contributed by atoms with Crippen LogP contribution in [0.4, 0.5) is 13.2 Å². The Morgan fingerprint density at radius 3 is 2.75 bits per heavy atom. The van der Waals surface area contributed by atoms with Crippen molar-refractivity contribution in [3.05, 3.63) is 29.6 Å². The van der Waals surface area contributed by atoms with Crippen LogP contribution in [0.25, 0.3) is 0 Å². The van der Waals surface area contributed by atoms with E-state index in [1.165, 1.54) is 0 Å². The quantitative estimate of drug-likeness (QED) is 0.779. The molecule has 0 saturated carbocycles. The van der Waals surface area contributed by atoms with E-state index in [1.54, 1.807) is 0 Å². The normalized spacial score (nSPS) is 10.6. The lowest BCUT2D eigenvalue weighted by atomic mass is 10.2. The highest BCUT2D eigenvalue weighted by Crippen LogP contribution is 2.28. The van der Waals surface area contributed by atoms with Crippen molar-refractivity contribution >= 4 is 5.91 Å². The molecule has 1 rings (SSSR count). The second-order valence-electron chi connectivity index (χ2n) is 2.85. The predicted octanol–water partition coefficient (Wildman–Crippen LogP) is 1.46. The molecule has 0 fully saturated rings. The number of aromatic nitrogens is 1. The number of hydrogen-bond acceptors (Lipinski definition) is 2. The summed E-state index contributed by atoms with van der Waals surface area (Å²) in [6, 6.07) is 0.721. The van der Waals surface area contributed by atoms with Crippen molar-refractivity contribution in [2.24, 2.45) is 0 Å². The van der Waals surface area contributed by atoms with Crippen LogP contribution in [0.5, 0.6) is 0 Å². The Morgan fingerprint density at radius 2 is 2.19 bits per heavy atom. The minimum absolute atomic E-state index is 0.0465. The number of hydrogen-bond donors (Lipinski definition) is 1. The molecule has 0 aliphatic heterocycles. The van der Waals surface area contributed by atoms with Crippen molar-refractivity contribution in [3.63, 3.8) is 0 Å². The summed E-state index contributed by atoms with van der Waals surface area (Å²) in [7, 11) is 0. The topological polar surface area (TPSA) is 42.0 Å². The smallest absolute Gasteiger partial charge is 0.341 e. The van der Waals surface area contributed by atoms with E-state index < -0.39 is 17.6 Å². The van der Waals surface area contributed by atoms with E-state index >= 15 is 0 Å². The average Bonchev–Trinajstić information content (AvgIpc) is 2.25. The molecule has 1 heterocycles. The fourth-order valence-corrected chi connectivity index (χ4v) is 0.953. The second kappa shape index (κ2) is 4.66. The highest BCUT2D eigenvalue weighted by Gasteiger charge is 2.31. The Balaban J connectivity index is 2.91. The monoisotopic (exact) mass is 228 g/mol. The van der Waals surface area contributed by atoms with Gasteiger partial charge in [0.25, 0.3) is 5.91 Å². The molecular formula is C10H7F3N2O. The Bertz CT molecular complexity index is 434. The van der Waals surface area contributed by atoms with E-state index in [4.69, 9.17) is 6.42 Å². The van der Waals surface area contributed by atoms with Gasteiger partial charge in [-0.2, -0.15) is 13.2 Å². The van der Waals surface area contributed by atoms with Crippen LogP contribution in [-0.4, -0.2) is 17.4 Å². The Morgan fingerprint density at radius 1 is 1.50 bits per heavy atom. The molecule has 0 radical (unpaired) electrons. The minimum atomic E-state index is -4.52. The summed E-state index contributed by atoms with van der Waals surface area (Å²) in [6.07, 6.45) is 2.07. The average molecular weight is 228 g/mol. The third-order valence-electron chi connectivity index (χ3n) is 1.68. The van der Waals surface area contributed by atoms with Gasteiger partial charge in [-0.1, -0.05) is 5.92 Å². The van der Waals surface area contributed by atoms with Crippen molar-refractivity contribution in [2.45, 2.75) is 6.18 Å². The van der Waals surface area contributed by atoms with E-state index in [0.29, 0.717) is 6.20 Å². The van der Waals surface area contributed by atoms with Gasteiger partial charge < -0.3 is 5.32 Å². The highest BCUT2D eigenvalue weighted by molar-refractivity contribution is 5.94. The van der Waals surface area contributed by atoms with Gasteiger partial charge in [-0.05, 0) is 6.07 Å². The second-order valence-corrected chi connectivity index (χ2v) is 2.85. The first-order valence-corrected chi connectivity index (χ1v) is 4.19. The minimum Gasteiger partial charge on any atom is -0.341 e. The van der Waals surface area contributed by atoms with Crippen LogP contribution in [0.15, 0.2) is 18.5 Å². The van der Waals surface area contributed by atoms with Crippen molar-refractivity contribution in [1.82, 2.24) is 10.3 Å². The van der Waals surface area contributed by atoms with Crippen LogP contribution in [0, 0.1) is 12.3 Å². The number of carbonyl (C=O) groups is 1. The van der Waals surface area contributed by atoms with Crippen molar-refractivity contribution in [3.8, 4) is 12.3 Å². The van der Waals surface area contributed by atoms with E-state index in [-0.39, 0.29) is 12.1 Å². The SMILES string of the molecule is C#CCNC(=O)c1cncc(C(F)(F)F)c1. The van der Waals surface area contributed by atoms with Gasteiger partial charge in [0.1, 0.15) is 0 Å². The number of terminal acetylenes is 1. The zero-order valence-corrected chi connectivity index (χ0v) is 8.01. The first-order valence-electron chi connectivity index (χ1n) is 4.19. The van der Waals surface area contributed by atoms with Crippen LogP contribution in [-0.2, 0) is 6.18 Å². The molecule has 1 N–H and O–H groups in total. The van der Waals surface area contributed by atoms with Crippen LogP contribution in [0.3, 0.4) is 0 Å². The first kappa shape index (κ1) is 12.0. The lowest BCUT2D eigenvalue weighted by Crippen LogP contribution is -2.24. The van der Waals surface area contributed by atoms with E-state index in [9.17, 15) is 18.0 Å². The summed E-state index contributed by atoms with van der Waals surface area (Å²) in [5.74, 6) is 1.45. The van der Waals surface area contributed by atoms with Gasteiger partial charge in [-0.15, -0.1) is 6.42 Å². The molecule has 6 heteroatoms. The zero-order valence-electron chi connectivity index (χ0n) is 8.01. The Kier molecular flexibility index (Phi) is 3.51. The zero-order chi connectivity index (χ0) is 12.2. The van der Waals surface area contributed by atoms with E-state index in [1.807, 2.05) is 0 Å². The lowest BCUT2D eigenvalue weighted by Gasteiger charge is -2.07. The molecule has 0 unspecified atom stereocenters. The molecule has 0 atom stereocenters. The van der Waals surface area contributed by atoms with Crippen LogP contribution in [0.2, 0.25) is 0 Å². The van der Waals surface area contributed by atoms with Gasteiger partial charge in [-0.25, -0.2) is 0 Å². The van der Waals surface area contributed by atoms with Crippen molar-refractivity contribution < 1.29 is 18.0 Å². The maximum atomic E-state index is 12.3. The summed E-state index contributed by atoms with van der Waals surface area (Å²) < 4.78 is 36.8. The van der Waals surface area contributed by atoms with Crippen LogP contribution in [0.1, 0.15) is 15.9 Å². The number of pyridine rings is 1. The van der Waals surface area contributed by atoms with Gasteiger partial charge >= 0.3 is 6.18 Å². The molecule has 0 bridgehead atoms. The molecule has 16 heavy (non-hydrogen) atoms. The van der Waals surface area contributed by atoms with E-state index in [0.717, 1.165) is 12.3 Å². The number of rotatable bonds is 2. The fourth-order valence-electron chi connectivity index (χ4n) is 0.953. The third-order valence-corrected chi connectivity index (χ3v) is 1.68. The molecule has 0 aliphatic carbocycles. The van der Waals surface area contributed by atoms with Gasteiger partial charge in [-0.3, -0.25) is 9.78 Å². The molecule has 84 valence electrons. The predicted molar refractivity (Wildman–Crippen MR) is 50.4 cm³/mol. The molecule has 3 nitrogen and oxygen atoms in total. The standard InChI is InChI=1S/C10H7F3N2O/c1-2-3-15-9(16)7-4-8(6-14-5-7)10(11,12)13/h1,4-6H,3H2,(H,15,16). The number of halogens is 3. The molecule has 0 saturated heterocycles. The molecule has 1 amide bonds. The van der Waals surface area contributed by atoms with Crippen LogP contribution >= 0.6 is 0 Å². The Labute approximate surface area is 89.7 Å². The number of carbonyl (C=O) groups excluding carboxylic acids is 1. The molecule has 1 aromatic heterocycles. The fraction of sp³-hybridized carbons (Fsp3) is 0.200. The first-order chi connectivity index (χ1) is 7.45. The molecule has 0 aliphatic rings. The number of amides is 1. The van der Waals surface area contributed by atoms with E-state index in [2.05, 4.69) is 16.2 Å². The number of alkyl halides is 3. The van der Waals surface area contributed by atoms with Crippen molar-refractivity contribution in [2.75, 3.05) is 6.54 Å². The number of nitrogens with zero attached hydrogens (tertiary/aromatic N) is 1. The van der Waals surface area contributed by atoms with Gasteiger partial charge in [0.2, 0.25) is 0 Å². The number of nitrogens with one attached hydrogen (secondary N) is 1. The summed E-state index contributed by atoms with van der Waals surface area (Å²) >= 11 is 0. The largest absolute Gasteiger partial charge is 0.417 e. The summed E-state index contributed by atoms with van der Waals surface area (Å²) in [6.45, 7) is -0.0465. The maximum Gasteiger partial charge on any atom is 0.417 e. The maximum absolute atomic E-state index is 12.3. The molecule has 0 spiro atoms. The third kappa shape index (κ3) is 2.98. The summed E-state index contributed by atoms with van der Waals surface area (Å²) in [5, 5.41) is 2.24. The van der Waals surface area contributed by atoms with Gasteiger partial charge in [0.05, 0.1) is 17.7 Å². The molecule has 1 aromatic rings. The van der Waals surface area contributed by atoms with Crippen LogP contribution < -0.4 is 5.32 Å². The van der Waals surface area contributed by atoms with Gasteiger partial charge in [0, 0.05) is 12.4 Å². The summed E-state index contributed by atoms with van der Waals surface area (Å²) in [5.41, 5.74) is -1.15. The lowest BCUT2D eigenvalue weighted by molar-refractivity contribution is -0.137. The van der Waals surface area contributed by atoms with Crippen molar-refractivity contribution in [1.29, 1.82) is 0 Å². The van der Waals surface area contributed by atoms with Gasteiger partial charge in [0.15, 0.2) is 0 Å². The molecule has 0 aromatic carbocycles. The Hall–Kier alpha value is -2.03. The summed E-state index contributed by atoms with van der Waals surface area (Å²) in [4.78, 5) is 14.6.